The molecule has 0 aliphatic rings. The topological polar surface area (TPSA) is 115 Å². The minimum absolute atomic E-state index is 0.282. The Bertz CT molecular complexity index is 633. The first-order valence-corrected chi connectivity index (χ1v) is 7.07. The molecule has 0 bridgehead atoms. The van der Waals surface area contributed by atoms with Crippen LogP contribution in [0.2, 0.25) is 4.34 Å². The Labute approximate surface area is 121 Å². The maximum absolute atomic E-state index is 11.3. The average Bonchev–Trinajstić information content (AvgIpc) is 2.93. The summed E-state index contributed by atoms with van der Waals surface area (Å²) < 4.78 is 0.600. The third-order valence-electron chi connectivity index (χ3n) is 2.16. The van der Waals surface area contributed by atoms with Crippen LogP contribution in [0.3, 0.4) is 0 Å². The fraction of sp³-hybridized carbons (Fsp3) is 0.100. The molecule has 1 unspecified atom stereocenters. The van der Waals surface area contributed by atoms with E-state index in [1.54, 1.807) is 17.6 Å². The number of aromatic nitrogens is 1. The summed E-state index contributed by atoms with van der Waals surface area (Å²) in [6.45, 7) is 0. The summed E-state index contributed by atoms with van der Waals surface area (Å²) in [7, 11) is 0. The Morgan fingerprint density at radius 3 is 2.74 bits per heavy atom. The molecule has 0 aromatic carbocycles. The molecule has 6 nitrogen and oxygen atoms in total. The van der Waals surface area contributed by atoms with E-state index in [4.69, 9.17) is 23.1 Å². The van der Waals surface area contributed by atoms with Crippen LogP contribution >= 0.6 is 34.3 Å². The number of thiophene rings is 1. The maximum atomic E-state index is 11.3. The number of aliphatic carboxylic acids is 1. The van der Waals surface area contributed by atoms with Crippen LogP contribution in [0.1, 0.15) is 10.9 Å². The number of carboxylic acid groups (broad SMARTS) is 1. The maximum Gasteiger partial charge on any atom is 0.334 e. The molecule has 2 aromatic heterocycles. The zero-order chi connectivity index (χ0) is 14.0. The van der Waals surface area contributed by atoms with Gasteiger partial charge in [0.1, 0.15) is 0 Å². The van der Waals surface area contributed by atoms with Crippen molar-refractivity contribution < 1.29 is 9.90 Å². The van der Waals surface area contributed by atoms with Crippen molar-refractivity contribution >= 4 is 46.2 Å². The van der Waals surface area contributed by atoms with E-state index in [1.165, 1.54) is 22.7 Å². The van der Waals surface area contributed by atoms with Crippen molar-refractivity contribution in [3.05, 3.63) is 26.9 Å². The van der Waals surface area contributed by atoms with Crippen LogP contribution in [-0.4, -0.2) is 22.0 Å². The van der Waals surface area contributed by atoms with Crippen LogP contribution in [0.25, 0.3) is 10.6 Å². The number of thiazole rings is 1. The molecule has 100 valence electrons. The van der Waals surface area contributed by atoms with Crippen molar-refractivity contribution in [2.75, 3.05) is 0 Å². The molecule has 0 aliphatic carbocycles. The van der Waals surface area contributed by atoms with Gasteiger partial charge in [0.25, 0.3) is 0 Å². The summed E-state index contributed by atoms with van der Waals surface area (Å²) in [5, 5.41) is 9.21. The SMILES string of the molecule is NC(N)=NC(C(=O)O)c1scnc1-c1ccc(Cl)s1. The minimum Gasteiger partial charge on any atom is -0.479 e. The van der Waals surface area contributed by atoms with Gasteiger partial charge in [-0.05, 0) is 12.1 Å². The standard InChI is InChI=1S/C10H9ClN4O2S2/c11-5-2-1-4(19-5)6-8(18-3-14-6)7(9(16)17)15-10(12)13/h1-3,7H,(H,16,17)(H4,12,13,15). The van der Waals surface area contributed by atoms with E-state index in [2.05, 4.69) is 9.98 Å². The van der Waals surface area contributed by atoms with Gasteiger partial charge in [0, 0.05) is 0 Å². The van der Waals surface area contributed by atoms with Crippen LogP contribution in [0.4, 0.5) is 0 Å². The zero-order valence-corrected chi connectivity index (χ0v) is 11.8. The lowest BCUT2D eigenvalue weighted by molar-refractivity contribution is -0.138. The molecule has 0 spiro atoms. The Balaban J connectivity index is 2.48. The second-order valence-electron chi connectivity index (χ2n) is 3.46. The Morgan fingerprint density at radius 1 is 1.47 bits per heavy atom. The van der Waals surface area contributed by atoms with Gasteiger partial charge in [0.2, 0.25) is 0 Å². The first-order valence-electron chi connectivity index (χ1n) is 4.99. The van der Waals surface area contributed by atoms with E-state index in [0.29, 0.717) is 14.9 Å². The highest BCUT2D eigenvalue weighted by atomic mass is 35.5. The van der Waals surface area contributed by atoms with Crippen molar-refractivity contribution in [2.45, 2.75) is 6.04 Å². The Hall–Kier alpha value is -1.64. The fourth-order valence-electron chi connectivity index (χ4n) is 1.45. The van der Waals surface area contributed by atoms with Gasteiger partial charge in [-0.2, -0.15) is 0 Å². The summed E-state index contributed by atoms with van der Waals surface area (Å²) in [5.74, 6) is -1.42. The first-order chi connectivity index (χ1) is 8.99. The number of hydrogen-bond acceptors (Lipinski definition) is 5. The molecule has 5 N–H and O–H groups in total. The summed E-state index contributed by atoms with van der Waals surface area (Å²) in [6.07, 6.45) is 0. The number of halogens is 1. The van der Waals surface area contributed by atoms with Crippen LogP contribution < -0.4 is 11.5 Å². The van der Waals surface area contributed by atoms with E-state index in [9.17, 15) is 9.90 Å². The van der Waals surface area contributed by atoms with Gasteiger partial charge < -0.3 is 16.6 Å². The highest BCUT2D eigenvalue weighted by Gasteiger charge is 2.26. The van der Waals surface area contributed by atoms with Crippen LogP contribution in [0, 0.1) is 0 Å². The molecule has 1 atom stereocenters. The lowest BCUT2D eigenvalue weighted by atomic mass is 10.2. The second-order valence-corrected chi connectivity index (χ2v) is 6.07. The predicted octanol–water partition coefficient (Wildman–Crippen LogP) is 1.92. The number of nitrogens with two attached hydrogens (primary N) is 2. The zero-order valence-electron chi connectivity index (χ0n) is 9.41. The predicted molar refractivity (Wildman–Crippen MR) is 76.6 cm³/mol. The minimum atomic E-state index is -1.16. The van der Waals surface area contributed by atoms with E-state index in [-0.39, 0.29) is 5.96 Å². The third kappa shape index (κ3) is 3.03. The number of nitrogens with zero attached hydrogens (tertiary/aromatic N) is 2. The van der Waals surface area contributed by atoms with Gasteiger partial charge in [-0.25, -0.2) is 14.8 Å². The molecule has 9 heteroatoms. The highest BCUT2D eigenvalue weighted by molar-refractivity contribution is 7.19. The van der Waals surface area contributed by atoms with E-state index in [0.717, 1.165) is 4.88 Å². The van der Waals surface area contributed by atoms with Crippen molar-refractivity contribution in [1.29, 1.82) is 0 Å². The van der Waals surface area contributed by atoms with Crippen molar-refractivity contribution in [3.63, 3.8) is 0 Å². The molecule has 0 fully saturated rings. The molecule has 0 radical (unpaired) electrons. The third-order valence-corrected chi connectivity index (χ3v) is 4.28. The molecule has 0 aliphatic heterocycles. The van der Waals surface area contributed by atoms with Gasteiger partial charge in [-0.15, -0.1) is 22.7 Å². The molecule has 19 heavy (non-hydrogen) atoms. The van der Waals surface area contributed by atoms with E-state index >= 15 is 0 Å². The van der Waals surface area contributed by atoms with Crippen molar-refractivity contribution in [1.82, 2.24) is 4.98 Å². The van der Waals surface area contributed by atoms with Gasteiger partial charge in [0.15, 0.2) is 12.0 Å². The summed E-state index contributed by atoms with van der Waals surface area (Å²) in [4.78, 5) is 20.4. The smallest absolute Gasteiger partial charge is 0.334 e. The lowest BCUT2D eigenvalue weighted by Gasteiger charge is -2.07. The first kappa shape index (κ1) is 13.8. The van der Waals surface area contributed by atoms with E-state index < -0.39 is 12.0 Å². The normalized spacial score (nSPS) is 12.1. The molecular formula is C10H9ClN4O2S2. The molecular weight excluding hydrogens is 308 g/mol. The molecule has 2 rings (SSSR count). The Kier molecular flexibility index (Phi) is 4.03. The number of guanidine groups is 1. The second kappa shape index (κ2) is 5.55. The summed E-state index contributed by atoms with van der Waals surface area (Å²) in [6, 6.07) is 2.34. The van der Waals surface area contributed by atoms with Crippen molar-refractivity contribution in [3.8, 4) is 10.6 Å². The number of aliphatic imine (C=N–C) groups is 1. The summed E-state index contributed by atoms with van der Waals surface area (Å²) in [5.41, 5.74) is 12.6. The fourth-order valence-corrected chi connectivity index (χ4v) is 3.40. The van der Waals surface area contributed by atoms with Crippen molar-refractivity contribution in [2.24, 2.45) is 16.5 Å². The molecule has 2 heterocycles. The number of rotatable bonds is 4. The largest absolute Gasteiger partial charge is 0.479 e. The average molecular weight is 317 g/mol. The van der Waals surface area contributed by atoms with Gasteiger partial charge in [0.05, 0.1) is 25.3 Å². The Morgan fingerprint density at radius 2 is 2.21 bits per heavy atom. The van der Waals surface area contributed by atoms with Gasteiger partial charge >= 0.3 is 5.97 Å². The molecule has 0 saturated heterocycles. The van der Waals surface area contributed by atoms with Gasteiger partial charge in [-0.1, -0.05) is 11.6 Å². The highest BCUT2D eigenvalue weighted by Crippen LogP contribution is 2.37. The molecule has 0 saturated carbocycles. The lowest BCUT2D eigenvalue weighted by Crippen LogP contribution is -2.25. The number of carboxylic acids is 1. The molecule has 0 amide bonds. The quantitative estimate of drug-likeness (QED) is 0.589. The van der Waals surface area contributed by atoms with E-state index in [1.807, 2.05) is 0 Å². The molecule has 2 aromatic rings. The van der Waals surface area contributed by atoms with Crippen LogP contribution in [0.15, 0.2) is 22.6 Å². The number of hydrogen-bond donors (Lipinski definition) is 3. The summed E-state index contributed by atoms with van der Waals surface area (Å²) >= 11 is 8.37. The monoisotopic (exact) mass is 316 g/mol. The number of carbonyl (C=O) groups is 1. The van der Waals surface area contributed by atoms with Crippen LogP contribution in [0.5, 0.6) is 0 Å². The van der Waals surface area contributed by atoms with Gasteiger partial charge in [-0.3, -0.25) is 0 Å². The van der Waals surface area contributed by atoms with Crippen LogP contribution in [-0.2, 0) is 4.79 Å².